The van der Waals surface area contributed by atoms with Crippen LogP contribution in [0.1, 0.15) is 36.2 Å². The molecule has 1 aliphatic rings. The average molecular weight is 314 g/mol. The number of rotatable bonds is 3. The molecule has 0 bridgehead atoms. The SMILES string of the molecule is O=C(Nc1ccccc1F)c1cc(N2CCCCCC2)ncn1. The molecular formula is C17H19FN4O. The summed E-state index contributed by atoms with van der Waals surface area (Å²) in [7, 11) is 0. The van der Waals surface area contributed by atoms with E-state index < -0.39 is 11.7 Å². The largest absolute Gasteiger partial charge is 0.357 e. The number of aromatic nitrogens is 2. The van der Waals surface area contributed by atoms with E-state index in [4.69, 9.17) is 0 Å². The smallest absolute Gasteiger partial charge is 0.274 e. The van der Waals surface area contributed by atoms with E-state index in [1.54, 1.807) is 18.2 Å². The number of hydrogen-bond donors (Lipinski definition) is 1. The van der Waals surface area contributed by atoms with Crippen LogP contribution in [0.5, 0.6) is 0 Å². The minimum atomic E-state index is -0.470. The number of nitrogens with one attached hydrogen (secondary N) is 1. The molecule has 0 radical (unpaired) electrons. The molecular weight excluding hydrogens is 295 g/mol. The minimum absolute atomic E-state index is 0.146. The van der Waals surface area contributed by atoms with Gasteiger partial charge >= 0.3 is 0 Å². The molecule has 120 valence electrons. The van der Waals surface area contributed by atoms with Crippen molar-refractivity contribution in [3.8, 4) is 0 Å². The van der Waals surface area contributed by atoms with Gasteiger partial charge in [-0.1, -0.05) is 25.0 Å². The lowest BCUT2D eigenvalue weighted by atomic mass is 10.2. The van der Waals surface area contributed by atoms with E-state index in [2.05, 4.69) is 20.2 Å². The molecule has 5 nitrogen and oxygen atoms in total. The van der Waals surface area contributed by atoms with Crippen molar-refractivity contribution in [3.63, 3.8) is 0 Å². The summed E-state index contributed by atoms with van der Waals surface area (Å²) < 4.78 is 13.6. The Balaban J connectivity index is 1.76. The van der Waals surface area contributed by atoms with Gasteiger partial charge in [0.25, 0.3) is 5.91 Å². The first-order valence-corrected chi connectivity index (χ1v) is 7.87. The van der Waals surface area contributed by atoms with Gasteiger partial charge in [-0.25, -0.2) is 14.4 Å². The highest BCUT2D eigenvalue weighted by molar-refractivity contribution is 6.03. The van der Waals surface area contributed by atoms with E-state index in [9.17, 15) is 9.18 Å². The number of anilines is 2. The quantitative estimate of drug-likeness (QED) is 0.945. The van der Waals surface area contributed by atoms with Gasteiger partial charge in [-0.3, -0.25) is 4.79 Å². The predicted molar refractivity (Wildman–Crippen MR) is 87.1 cm³/mol. The normalized spacial score (nSPS) is 15.1. The predicted octanol–water partition coefficient (Wildman–Crippen LogP) is 3.25. The summed E-state index contributed by atoms with van der Waals surface area (Å²) in [6.45, 7) is 1.87. The monoisotopic (exact) mass is 314 g/mol. The number of carbonyl (C=O) groups excluding carboxylic acids is 1. The van der Waals surface area contributed by atoms with Crippen LogP contribution >= 0.6 is 0 Å². The van der Waals surface area contributed by atoms with E-state index in [1.165, 1.54) is 31.3 Å². The molecule has 0 unspecified atom stereocenters. The molecule has 6 heteroatoms. The number of nitrogens with zero attached hydrogens (tertiary/aromatic N) is 3. The fourth-order valence-corrected chi connectivity index (χ4v) is 2.69. The zero-order chi connectivity index (χ0) is 16.1. The lowest BCUT2D eigenvalue weighted by Gasteiger charge is -2.21. The van der Waals surface area contributed by atoms with Crippen molar-refractivity contribution in [2.45, 2.75) is 25.7 Å². The van der Waals surface area contributed by atoms with Gasteiger partial charge in [-0.05, 0) is 25.0 Å². The van der Waals surface area contributed by atoms with Crippen molar-refractivity contribution in [2.24, 2.45) is 0 Å². The van der Waals surface area contributed by atoms with Crippen LogP contribution in [0.15, 0.2) is 36.7 Å². The first-order chi connectivity index (χ1) is 11.2. The third-order valence-electron chi connectivity index (χ3n) is 3.94. The summed E-state index contributed by atoms with van der Waals surface area (Å²) in [4.78, 5) is 22.7. The Bertz CT molecular complexity index is 684. The van der Waals surface area contributed by atoms with Gasteiger partial charge in [0.15, 0.2) is 0 Å². The molecule has 0 saturated carbocycles. The summed E-state index contributed by atoms with van der Waals surface area (Å²) in [6, 6.07) is 7.73. The maximum Gasteiger partial charge on any atom is 0.274 e. The van der Waals surface area contributed by atoms with Gasteiger partial charge in [0.1, 0.15) is 23.7 Å². The molecule has 0 spiro atoms. The Morgan fingerprint density at radius 1 is 1.09 bits per heavy atom. The summed E-state index contributed by atoms with van der Waals surface area (Å²) in [5.41, 5.74) is 0.384. The van der Waals surface area contributed by atoms with Gasteiger partial charge < -0.3 is 10.2 Å². The molecule has 1 aromatic heterocycles. The molecule has 1 aromatic carbocycles. The molecule has 1 N–H and O–H groups in total. The molecule has 1 aliphatic heterocycles. The van der Waals surface area contributed by atoms with E-state index in [1.807, 2.05) is 0 Å². The standard InChI is InChI=1S/C17H19FN4O/c18-13-7-3-4-8-14(13)21-17(23)15-11-16(20-12-19-15)22-9-5-1-2-6-10-22/h3-4,7-8,11-12H,1-2,5-6,9-10H2,(H,21,23). The number of amides is 1. The second-order valence-electron chi connectivity index (χ2n) is 5.60. The first kappa shape index (κ1) is 15.4. The minimum Gasteiger partial charge on any atom is -0.357 e. The van der Waals surface area contributed by atoms with Crippen molar-refractivity contribution in [1.29, 1.82) is 0 Å². The zero-order valence-corrected chi connectivity index (χ0v) is 12.8. The topological polar surface area (TPSA) is 58.1 Å². The van der Waals surface area contributed by atoms with Crippen molar-refractivity contribution in [1.82, 2.24) is 9.97 Å². The lowest BCUT2D eigenvalue weighted by Crippen LogP contribution is -2.25. The molecule has 3 rings (SSSR count). The molecule has 23 heavy (non-hydrogen) atoms. The van der Waals surface area contributed by atoms with Crippen LogP contribution in [0.25, 0.3) is 0 Å². The molecule has 0 atom stereocenters. The first-order valence-electron chi connectivity index (χ1n) is 7.87. The molecule has 1 fully saturated rings. The number of benzene rings is 1. The van der Waals surface area contributed by atoms with E-state index in [0.717, 1.165) is 31.7 Å². The molecule has 2 heterocycles. The summed E-state index contributed by atoms with van der Waals surface area (Å²) in [6.07, 6.45) is 6.09. The maximum absolute atomic E-state index is 13.6. The van der Waals surface area contributed by atoms with Gasteiger partial charge in [0.05, 0.1) is 5.69 Å². The number of carbonyl (C=O) groups is 1. The molecule has 0 aliphatic carbocycles. The van der Waals surface area contributed by atoms with Crippen LogP contribution in [0, 0.1) is 5.82 Å². The maximum atomic E-state index is 13.6. The van der Waals surface area contributed by atoms with Crippen molar-refractivity contribution in [2.75, 3.05) is 23.3 Å². The average Bonchev–Trinajstić information content (AvgIpc) is 2.86. The van der Waals surface area contributed by atoms with Gasteiger partial charge in [0.2, 0.25) is 0 Å². The van der Waals surface area contributed by atoms with Crippen molar-refractivity contribution < 1.29 is 9.18 Å². The Morgan fingerprint density at radius 3 is 2.57 bits per heavy atom. The van der Waals surface area contributed by atoms with E-state index >= 15 is 0 Å². The van der Waals surface area contributed by atoms with Crippen LogP contribution in [-0.4, -0.2) is 29.0 Å². The Hall–Kier alpha value is -2.50. The third-order valence-corrected chi connectivity index (χ3v) is 3.94. The second kappa shape index (κ2) is 7.17. The third kappa shape index (κ3) is 3.83. The molecule has 2 aromatic rings. The van der Waals surface area contributed by atoms with Crippen molar-refractivity contribution >= 4 is 17.4 Å². The summed E-state index contributed by atoms with van der Waals surface area (Å²) >= 11 is 0. The fourth-order valence-electron chi connectivity index (χ4n) is 2.69. The van der Waals surface area contributed by atoms with E-state index in [-0.39, 0.29) is 11.4 Å². The zero-order valence-electron chi connectivity index (χ0n) is 12.8. The Labute approximate surface area is 134 Å². The van der Waals surface area contributed by atoms with Crippen molar-refractivity contribution in [3.05, 3.63) is 48.2 Å². The summed E-state index contributed by atoms with van der Waals surface area (Å²) in [5, 5.41) is 2.55. The highest BCUT2D eigenvalue weighted by Crippen LogP contribution is 2.18. The molecule has 1 amide bonds. The van der Waals surface area contributed by atoms with E-state index in [0.29, 0.717) is 0 Å². The van der Waals surface area contributed by atoms with Gasteiger partial charge in [-0.15, -0.1) is 0 Å². The number of halogens is 1. The number of hydrogen-bond acceptors (Lipinski definition) is 4. The van der Waals surface area contributed by atoms with Crippen LogP contribution < -0.4 is 10.2 Å². The Kier molecular flexibility index (Phi) is 4.80. The highest BCUT2D eigenvalue weighted by atomic mass is 19.1. The lowest BCUT2D eigenvalue weighted by molar-refractivity contribution is 0.102. The van der Waals surface area contributed by atoms with Crippen LogP contribution in [0.2, 0.25) is 0 Å². The fraction of sp³-hybridized carbons (Fsp3) is 0.353. The van der Waals surface area contributed by atoms with Crippen LogP contribution in [-0.2, 0) is 0 Å². The Morgan fingerprint density at radius 2 is 1.83 bits per heavy atom. The summed E-state index contributed by atoms with van der Waals surface area (Å²) in [5.74, 6) is -0.156. The highest BCUT2D eigenvalue weighted by Gasteiger charge is 2.15. The van der Waals surface area contributed by atoms with Crippen LogP contribution in [0.4, 0.5) is 15.9 Å². The molecule has 1 saturated heterocycles. The van der Waals surface area contributed by atoms with Crippen LogP contribution in [0.3, 0.4) is 0 Å². The number of para-hydroxylation sites is 1. The second-order valence-corrected chi connectivity index (χ2v) is 5.60. The van der Waals surface area contributed by atoms with Gasteiger partial charge in [0, 0.05) is 19.2 Å². The van der Waals surface area contributed by atoms with Gasteiger partial charge in [-0.2, -0.15) is 0 Å².